The maximum atomic E-state index is 13.4. The summed E-state index contributed by atoms with van der Waals surface area (Å²) in [4.78, 5) is 21.7. The maximum absolute atomic E-state index is 13.4. The van der Waals surface area contributed by atoms with E-state index in [1.54, 1.807) is 18.2 Å². The Kier molecular flexibility index (Phi) is 5.13. The Labute approximate surface area is 203 Å². The van der Waals surface area contributed by atoms with Crippen LogP contribution in [-0.2, 0) is 6.18 Å². The molecule has 1 fully saturated rings. The number of halogens is 3. The zero-order valence-corrected chi connectivity index (χ0v) is 18.7. The number of urea groups is 1. The number of pyridine rings is 1. The lowest BCUT2D eigenvalue weighted by atomic mass is 10.1. The van der Waals surface area contributed by atoms with Crippen molar-refractivity contribution in [1.29, 1.82) is 0 Å². The van der Waals surface area contributed by atoms with E-state index in [1.807, 2.05) is 30.3 Å². The van der Waals surface area contributed by atoms with Crippen molar-refractivity contribution < 1.29 is 22.4 Å². The first-order valence-corrected chi connectivity index (χ1v) is 11.3. The number of nitrogens with one attached hydrogen (secondary N) is 1. The molecule has 2 aromatic carbocycles. The summed E-state index contributed by atoms with van der Waals surface area (Å²) in [7, 11) is 0. The molecule has 2 aliphatic heterocycles. The molecule has 2 amide bonds. The van der Waals surface area contributed by atoms with Crippen molar-refractivity contribution in [3.05, 3.63) is 72.3 Å². The van der Waals surface area contributed by atoms with Crippen molar-refractivity contribution in [1.82, 2.24) is 15.2 Å². The van der Waals surface area contributed by atoms with Crippen LogP contribution in [0.3, 0.4) is 0 Å². The number of amides is 2. The monoisotopic (exact) mass is 492 g/mol. The lowest BCUT2D eigenvalue weighted by Crippen LogP contribution is -2.48. The summed E-state index contributed by atoms with van der Waals surface area (Å²) in [6.07, 6.45) is -3.74. The molecule has 1 unspecified atom stereocenters. The third kappa shape index (κ3) is 3.92. The van der Waals surface area contributed by atoms with Gasteiger partial charge in [0.2, 0.25) is 5.89 Å². The molecule has 0 radical (unpaired) electrons. The van der Waals surface area contributed by atoms with Gasteiger partial charge in [-0.1, -0.05) is 35.4 Å². The van der Waals surface area contributed by atoms with Gasteiger partial charge in [0, 0.05) is 24.2 Å². The number of rotatable bonds is 3. The van der Waals surface area contributed by atoms with E-state index in [1.165, 1.54) is 11.0 Å². The van der Waals surface area contributed by atoms with Crippen molar-refractivity contribution in [3.63, 3.8) is 0 Å². The van der Waals surface area contributed by atoms with Gasteiger partial charge < -0.3 is 9.32 Å². The Balaban J connectivity index is 1.32. The molecule has 0 saturated carbocycles. The third-order valence-corrected chi connectivity index (χ3v) is 6.32. The number of anilines is 3. The largest absolute Gasteiger partial charge is 0.416 e. The van der Waals surface area contributed by atoms with Crippen LogP contribution >= 0.6 is 0 Å². The fourth-order valence-electron chi connectivity index (χ4n) is 4.61. The second-order valence-electron chi connectivity index (χ2n) is 8.58. The number of benzene rings is 2. The molecule has 2 bridgehead atoms. The van der Waals surface area contributed by atoms with Gasteiger partial charge in [0.25, 0.3) is 0 Å². The molecule has 0 spiro atoms. The topological polar surface area (TPSA) is 87.4 Å². The number of hydrogen-bond donors (Lipinski definition) is 1. The highest BCUT2D eigenvalue weighted by molar-refractivity contribution is 6.03. The number of fused-ring (bicyclic) bond motifs is 4. The Hall–Kier alpha value is -4.41. The number of carbonyl (C=O) groups excluding carboxylic acids is 1. The van der Waals surface area contributed by atoms with Gasteiger partial charge in [-0.15, -0.1) is 5.10 Å². The van der Waals surface area contributed by atoms with Crippen LogP contribution in [0.5, 0.6) is 0 Å². The molecule has 1 atom stereocenters. The van der Waals surface area contributed by atoms with Crippen LogP contribution in [0.4, 0.5) is 35.5 Å². The van der Waals surface area contributed by atoms with Gasteiger partial charge in [-0.05, 0) is 42.8 Å². The highest BCUT2D eigenvalue weighted by atomic mass is 19.4. The SMILES string of the molecule is O=C(Nc1nnc(-c2ccccc2)o1)N1c2nc(-c3cccc(C(F)(F)F)c3)ccc2N2CCC1C2. The van der Waals surface area contributed by atoms with E-state index in [0.717, 1.165) is 30.8 Å². The zero-order valence-electron chi connectivity index (χ0n) is 18.7. The van der Waals surface area contributed by atoms with Crippen LogP contribution < -0.4 is 15.1 Å². The molecule has 11 heteroatoms. The van der Waals surface area contributed by atoms with Gasteiger partial charge in [-0.3, -0.25) is 10.2 Å². The van der Waals surface area contributed by atoms with E-state index in [0.29, 0.717) is 29.2 Å². The quantitative estimate of drug-likeness (QED) is 0.409. The zero-order chi connectivity index (χ0) is 24.9. The molecule has 182 valence electrons. The van der Waals surface area contributed by atoms with Gasteiger partial charge >= 0.3 is 18.2 Å². The molecular formula is C25H19F3N6O2. The molecule has 8 nitrogen and oxygen atoms in total. The number of carbonyl (C=O) groups is 1. The van der Waals surface area contributed by atoms with Crippen molar-refractivity contribution >= 4 is 23.6 Å². The number of hydrogen-bond acceptors (Lipinski definition) is 6. The summed E-state index contributed by atoms with van der Waals surface area (Å²) in [6.45, 7) is 1.37. The van der Waals surface area contributed by atoms with Crippen LogP contribution in [0, 0.1) is 0 Å². The lowest BCUT2D eigenvalue weighted by Gasteiger charge is -2.35. The van der Waals surface area contributed by atoms with Crippen molar-refractivity contribution in [2.45, 2.75) is 18.6 Å². The van der Waals surface area contributed by atoms with Crippen LogP contribution in [0.15, 0.2) is 71.1 Å². The van der Waals surface area contributed by atoms with Gasteiger partial charge in [-0.2, -0.15) is 13.2 Å². The minimum Gasteiger partial charge on any atom is -0.403 e. The normalized spacial score (nSPS) is 16.7. The molecule has 0 aliphatic carbocycles. The second kappa shape index (κ2) is 8.36. The third-order valence-electron chi connectivity index (χ3n) is 6.32. The summed E-state index contributed by atoms with van der Waals surface area (Å²) in [5, 5.41) is 10.6. The number of aromatic nitrogens is 3. The molecule has 4 heterocycles. The molecule has 4 aromatic rings. The fraction of sp³-hybridized carbons (Fsp3) is 0.200. The molecule has 2 aromatic heterocycles. The summed E-state index contributed by atoms with van der Waals surface area (Å²) in [6, 6.07) is 16.9. The van der Waals surface area contributed by atoms with Crippen molar-refractivity contribution in [2.24, 2.45) is 0 Å². The number of alkyl halides is 3. The number of nitrogens with zero attached hydrogens (tertiary/aromatic N) is 5. The standard InChI is InChI=1S/C25H19F3N6O2/c26-25(27,28)17-8-4-7-16(13-17)19-9-10-20-21(29-19)34(18-11-12-33(20)14-18)24(35)30-23-32-31-22(36-23)15-5-2-1-3-6-15/h1-10,13,18H,11-12,14H2,(H,30,32,35). The first kappa shape index (κ1) is 22.1. The van der Waals surface area contributed by atoms with Crippen LogP contribution in [-0.4, -0.2) is 40.3 Å². The summed E-state index contributed by atoms with van der Waals surface area (Å²) >= 11 is 0. The minimum atomic E-state index is -4.47. The first-order chi connectivity index (χ1) is 17.4. The van der Waals surface area contributed by atoms with Crippen LogP contribution in [0.1, 0.15) is 12.0 Å². The van der Waals surface area contributed by atoms with E-state index in [4.69, 9.17) is 4.42 Å². The Morgan fingerprint density at radius 3 is 2.61 bits per heavy atom. The Morgan fingerprint density at radius 1 is 1.00 bits per heavy atom. The van der Waals surface area contributed by atoms with Gasteiger partial charge in [0.05, 0.1) is 23.0 Å². The smallest absolute Gasteiger partial charge is 0.403 e. The van der Waals surface area contributed by atoms with Crippen molar-refractivity contribution in [3.8, 4) is 22.7 Å². The van der Waals surface area contributed by atoms with Gasteiger partial charge in [-0.25, -0.2) is 9.78 Å². The minimum absolute atomic E-state index is 0.0603. The maximum Gasteiger partial charge on any atom is 0.416 e. The van der Waals surface area contributed by atoms with E-state index >= 15 is 0 Å². The highest BCUT2D eigenvalue weighted by Crippen LogP contribution is 2.41. The van der Waals surface area contributed by atoms with Gasteiger partial charge in [0.1, 0.15) is 0 Å². The second-order valence-corrected chi connectivity index (χ2v) is 8.58. The van der Waals surface area contributed by atoms with E-state index < -0.39 is 17.8 Å². The summed E-state index contributed by atoms with van der Waals surface area (Å²) in [5.74, 6) is 0.640. The average Bonchev–Trinajstić information content (AvgIpc) is 3.52. The molecule has 1 saturated heterocycles. The summed E-state index contributed by atoms with van der Waals surface area (Å²) in [5.41, 5.74) is 1.34. The van der Waals surface area contributed by atoms with Crippen LogP contribution in [0.2, 0.25) is 0 Å². The molecule has 6 rings (SSSR count). The van der Waals surface area contributed by atoms with E-state index in [-0.39, 0.29) is 17.9 Å². The predicted octanol–water partition coefficient (Wildman–Crippen LogP) is 5.45. The molecule has 2 aliphatic rings. The summed E-state index contributed by atoms with van der Waals surface area (Å²) < 4.78 is 45.4. The Bertz CT molecular complexity index is 1440. The van der Waals surface area contributed by atoms with E-state index in [9.17, 15) is 18.0 Å². The van der Waals surface area contributed by atoms with Gasteiger partial charge in [0.15, 0.2) is 5.82 Å². The first-order valence-electron chi connectivity index (χ1n) is 11.3. The predicted molar refractivity (Wildman–Crippen MR) is 127 cm³/mol. The molecule has 36 heavy (non-hydrogen) atoms. The molecule has 1 N–H and O–H groups in total. The molecular weight excluding hydrogens is 473 g/mol. The average molecular weight is 492 g/mol. The highest BCUT2D eigenvalue weighted by Gasteiger charge is 2.41. The van der Waals surface area contributed by atoms with Crippen LogP contribution in [0.25, 0.3) is 22.7 Å². The van der Waals surface area contributed by atoms with E-state index in [2.05, 4.69) is 25.4 Å². The van der Waals surface area contributed by atoms with Crippen molar-refractivity contribution in [2.75, 3.05) is 28.2 Å². The lowest BCUT2D eigenvalue weighted by molar-refractivity contribution is -0.137. The fourth-order valence-corrected chi connectivity index (χ4v) is 4.61. The Morgan fingerprint density at radius 2 is 1.81 bits per heavy atom.